The Bertz CT molecular complexity index is 699. The van der Waals surface area contributed by atoms with E-state index in [9.17, 15) is 10.3 Å². The van der Waals surface area contributed by atoms with E-state index in [1.807, 2.05) is 0 Å². The lowest BCUT2D eigenvalue weighted by molar-refractivity contribution is -0.576. The molecule has 0 radical (unpaired) electrons. The molecule has 0 unspecified atom stereocenters. The maximum absolute atomic E-state index is 12.3. The molecule has 0 saturated heterocycles. The van der Waals surface area contributed by atoms with E-state index in [4.69, 9.17) is 9.47 Å². The largest absolute Gasteiger partial charge is 0.618 e. The zero-order valence-electron chi connectivity index (χ0n) is 13.3. The summed E-state index contributed by atoms with van der Waals surface area (Å²) >= 11 is 0. The average Bonchev–Trinajstić information content (AvgIpc) is 2.56. The number of aromatic nitrogens is 2. The molecule has 1 aliphatic rings. The predicted molar refractivity (Wildman–Crippen MR) is 85.7 cm³/mol. The first-order chi connectivity index (χ1) is 11.1. The fourth-order valence-electron chi connectivity index (χ4n) is 2.96. The molecular formula is C16H21N3O4. The lowest BCUT2D eigenvalue weighted by atomic mass is 9.93. The van der Waals surface area contributed by atoms with Crippen molar-refractivity contribution in [2.75, 3.05) is 19.5 Å². The number of anilines is 1. The second-order valence-corrected chi connectivity index (χ2v) is 5.80. The molecule has 1 aromatic heterocycles. The van der Waals surface area contributed by atoms with E-state index >= 15 is 0 Å². The zero-order chi connectivity index (χ0) is 16.4. The van der Waals surface area contributed by atoms with Gasteiger partial charge in [-0.2, -0.15) is 4.73 Å². The van der Waals surface area contributed by atoms with Crippen molar-refractivity contribution in [2.45, 2.75) is 37.8 Å². The number of fused-ring (bicyclic) bond motifs is 1. The summed E-state index contributed by atoms with van der Waals surface area (Å²) in [4.78, 5) is 4.50. The zero-order valence-corrected chi connectivity index (χ0v) is 13.3. The molecular weight excluding hydrogens is 298 g/mol. The van der Waals surface area contributed by atoms with Gasteiger partial charge in [0.1, 0.15) is 5.52 Å². The first-order valence-electron chi connectivity index (χ1n) is 7.71. The topological polar surface area (TPSA) is 90.5 Å². The van der Waals surface area contributed by atoms with E-state index in [0.29, 0.717) is 28.4 Å². The van der Waals surface area contributed by atoms with Crippen LogP contribution in [0.4, 0.5) is 5.82 Å². The monoisotopic (exact) mass is 319 g/mol. The van der Waals surface area contributed by atoms with E-state index in [0.717, 1.165) is 30.4 Å². The van der Waals surface area contributed by atoms with Crippen LogP contribution in [0.15, 0.2) is 18.3 Å². The third-order valence-corrected chi connectivity index (χ3v) is 4.25. The number of rotatable bonds is 4. The minimum absolute atomic E-state index is 0.209. The van der Waals surface area contributed by atoms with Crippen molar-refractivity contribution in [1.29, 1.82) is 0 Å². The van der Waals surface area contributed by atoms with Crippen molar-refractivity contribution < 1.29 is 19.3 Å². The highest BCUT2D eigenvalue weighted by Gasteiger charge is 2.21. The second kappa shape index (κ2) is 6.45. The van der Waals surface area contributed by atoms with Gasteiger partial charge in [-0.05, 0) is 25.7 Å². The molecule has 23 heavy (non-hydrogen) atoms. The lowest BCUT2D eigenvalue weighted by Crippen LogP contribution is -2.32. The molecule has 1 fully saturated rings. The third-order valence-electron chi connectivity index (χ3n) is 4.25. The van der Waals surface area contributed by atoms with Gasteiger partial charge in [0.2, 0.25) is 11.7 Å². The Morgan fingerprint density at radius 2 is 1.83 bits per heavy atom. The summed E-state index contributed by atoms with van der Waals surface area (Å²) in [5.74, 6) is 1.56. The average molecular weight is 319 g/mol. The summed E-state index contributed by atoms with van der Waals surface area (Å²) in [6.45, 7) is 0. The summed E-state index contributed by atoms with van der Waals surface area (Å²) in [7, 11) is 3.07. The van der Waals surface area contributed by atoms with Crippen LogP contribution in [0.1, 0.15) is 25.7 Å². The smallest absolute Gasteiger partial charge is 0.246 e. The highest BCUT2D eigenvalue weighted by Crippen LogP contribution is 2.30. The van der Waals surface area contributed by atoms with Crippen LogP contribution in [0.25, 0.3) is 11.0 Å². The number of aliphatic hydroxyl groups is 1. The van der Waals surface area contributed by atoms with Gasteiger partial charge in [-0.25, -0.2) is 4.98 Å². The molecule has 0 spiro atoms. The van der Waals surface area contributed by atoms with Crippen LogP contribution in [0.2, 0.25) is 0 Å². The summed E-state index contributed by atoms with van der Waals surface area (Å²) < 4.78 is 11.3. The van der Waals surface area contributed by atoms with Gasteiger partial charge in [-0.3, -0.25) is 0 Å². The Kier molecular flexibility index (Phi) is 4.38. The normalized spacial score (nSPS) is 21.2. The number of hydrogen-bond donors (Lipinski definition) is 2. The van der Waals surface area contributed by atoms with Crippen molar-refractivity contribution in [1.82, 2.24) is 4.98 Å². The fourth-order valence-corrected chi connectivity index (χ4v) is 2.96. The van der Waals surface area contributed by atoms with Gasteiger partial charge in [-0.15, -0.1) is 0 Å². The van der Waals surface area contributed by atoms with Crippen LogP contribution < -0.4 is 19.5 Å². The molecule has 1 aromatic carbocycles. The van der Waals surface area contributed by atoms with Gasteiger partial charge < -0.3 is 25.1 Å². The predicted octanol–water partition coefficient (Wildman–Crippen LogP) is 1.60. The maximum Gasteiger partial charge on any atom is 0.246 e. The maximum atomic E-state index is 12.3. The van der Waals surface area contributed by atoms with Crippen LogP contribution in [0, 0.1) is 5.21 Å². The van der Waals surface area contributed by atoms with Crippen LogP contribution in [-0.2, 0) is 0 Å². The number of ether oxygens (including phenoxy) is 2. The van der Waals surface area contributed by atoms with Gasteiger partial charge >= 0.3 is 0 Å². The Morgan fingerprint density at radius 3 is 2.48 bits per heavy atom. The molecule has 0 bridgehead atoms. The number of aliphatic hydroxyl groups excluding tert-OH is 1. The van der Waals surface area contributed by atoms with E-state index in [1.54, 1.807) is 19.2 Å². The summed E-state index contributed by atoms with van der Waals surface area (Å²) in [5, 5.41) is 25.1. The Labute approximate surface area is 134 Å². The minimum atomic E-state index is -0.209. The summed E-state index contributed by atoms with van der Waals surface area (Å²) in [6, 6.07) is 3.54. The lowest BCUT2D eigenvalue weighted by Gasteiger charge is -2.26. The molecule has 0 aliphatic heterocycles. The molecule has 1 saturated carbocycles. The van der Waals surface area contributed by atoms with Crippen molar-refractivity contribution >= 4 is 16.9 Å². The summed E-state index contributed by atoms with van der Waals surface area (Å²) in [6.07, 6.45) is 4.50. The molecule has 0 atom stereocenters. The fraction of sp³-hybridized carbons (Fsp3) is 0.500. The van der Waals surface area contributed by atoms with Crippen molar-refractivity contribution in [3.8, 4) is 11.5 Å². The van der Waals surface area contributed by atoms with E-state index in [1.165, 1.54) is 13.3 Å². The third kappa shape index (κ3) is 3.24. The number of methoxy groups -OCH3 is 2. The van der Waals surface area contributed by atoms with Gasteiger partial charge in [0.25, 0.3) is 0 Å². The molecule has 1 aliphatic carbocycles. The molecule has 7 heteroatoms. The Morgan fingerprint density at radius 1 is 1.17 bits per heavy atom. The molecule has 2 N–H and O–H groups in total. The van der Waals surface area contributed by atoms with Gasteiger partial charge in [-0.1, -0.05) is 0 Å². The summed E-state index contributed by atoms with van der Waals surface area (Å²) in [5.41, 5.74) is 0.964. The highest BCUT2D eigenvalue weighted by atomic mass is 16.5. The first kappa shape index (κ1) is 15.6. The van der Waals surface area contributed by atoms with Crippen molar-refractivity contribution in [3.05, 3.63) is 23.5 Å². The number of benzene rings is 1. The standard InChI is InChI=1S/C16H21N3O4/c1-22-14-7-12-13(8-15(14)23-2)19(21)9-16(18-12)17-10-3-5-11(20)6-4-10/h7-11,20H,3-6H2,1-2H3,(H,17,18). The molecule has 7 nitrogen and oxygen atoms in total. The van der Waals surface area contributed by atoms with Crippen LogP contribution in [0.5, 0.6) is 11.5 Å². The number of hydrogen-bond acceptors (Lipinski definition) is 6. The van der Waals surface area contributed by atoms with Crippen LogP contribution in [0.3, 0.4) is 0 Å². The quantitative estimate of drug-likeness (QED) is 0.657. The Hall–Kier alpha value is -2.28. The van der Waals surface area contributed by atoms with Crippen molar-refractivity contribution in [2.24, 2.45) is 0 Å². The highest BCUT2D eigenvalue weighted by molar-refractivity contribution is 5.77. The molecule has 1 heterocycles. The number of nitrogens with zero attached hydrogens (tertiary/aromatic N) is 2. The minimum Gasteiger partial charge on any atom is -0.618 e. The Balaban J connectivity index is 1.90. The first-order valence-corrected chi connectivity index (χ1v) is 7.71. The number of nitrogens with one attached hydrogen (secondary N) is 1. The SMILES string of the molecule is COc1cc2nc(NC3CCC(O)CC3)c[n+]([O-])c2cc1OC. The van der Waals surface area contributed by atoms with Gasteiger partial charge in [0, 0.05) is 12.1 Å². The molecule has 3 rings (SSSR count). The molecule has 2 aromatic rings. The van der Waals surface area contributed by atoms with E-state index in [-0.39, 0.29) is 12.1 Å². The van der Waals surface area contributed by atoms with E-state index in [2.05, 4.69) is 10.3 Å². The van der Waals surface area contributed by atoms with Crippen LogP contribution >= 0.6 is 0 Å². The van der Waals surface area contributed by atoms with Crippen LogP contribution in [-0.4, -0.2) is 36.5 Å². The van der Waals surface area contributed by atoms with Gasteiger partial charge in [0.15, 0.2) is 17.3 Å². The van der Waals surface area contributed by atoms with E-state index < -0.39 is 0 Å². The van der Waals surface area contributed by atoms with Crippen molar-refractivity contribution in [3.63, 3.8) is 0 Å². The molecule has 124 valence electrons. The molecule has 0 amide bonds. The second-order valence-electron chi connectivity index (χ2n) is 5.80. The van der Waals surface area contributed by atoms with Gasteiger partial charge in [0.05, 0.1) is 26.4 Å².